The van der Waals surface area contributed by atoms with Crippen LogP contribution in [0.2, 0.25) is 0 Å². The van der Waals surface area contributed by atoms with Crippen molar-refractivity contribution in [3.63, 3.8) is 0 Å². The highest BCUT2D eigenvalue weighted by atomic mass is 15.2. The molecule has 2 aliphatic rings. The van der Waals surface area contributed by atoms with Gasteiger partial charge in [0.1, 0.15) is 0 Å². The number of piperidine rings is 1. The molecule has 0 unspecified atom stereocenters. The van der Waals surface area contributed by atoms with E-state index in [0.29, 0.717) is 6.04 Å². The number of hydrogen-bond donors (Lipinski definition) is 2. The highest BCUT2D eigenvalue weighted by Crippen LogP contribution is 2.29. The van der Waals surface area contributed by atoms with Crippen LogP contribution in [-0.4, -0.2) is 40.3 Å². The van der Waals surface area contributed by atoms with Gasteiger partial charge in [0.25, 0.3) is 0 Å². The summed E-state index contributed by atoms with van der Waals surface area (Å²) in [5, 5.41) is 10.7. The van der Waals surface area contributed by atoms with E-state index < -0.39 is 0 Å². The van der Waals surface area contributed by atoms with E-state index >= 15 is 0 Å². The van der Waals surface area contributed by atoms with Crippen LogP contribution in [0, 0.1) is 6.92 Å². The van der Waals surface area contributed by atoms with E-state index in [9.17, 15) is 0 Å². The fourth-order valence-corrected chi connectivity index (χ4v) is 2.72. The highest BCUT2D eigenvalue weighted by Gasteiger charge is 2.31. The van der Waals surface area contributed by atoms with Crippen molar-refractivity contribution in [2.24, 2.45) is 0 Å². The minimum Gasteiger partial charge on any atom is -0.310 e. The Balaban J connectivity index is 1.43. The maximum Gasteiger partial charge on any atom is 0.0535 e. The van der Waals surface area contributed by atoms with Crippen LogP contribution in [0.15, 0.2) is 6.20 Å². The predicted octanol–water partition coefficient (Wildman–Crippen LogP) is 1.43. The molecule has 1 aliphatic heterocycles. The summed E-state index contributed by atoms with van der Waals surface area (Å²) in [5.74, 6) is 0. The zero-order valence-electron chi connectivity index (χ0n) is 10.6. The first-order chi connectivity index (χ1) is 8.33. The summed E-state index contributed by atoms with van der Waals surface area (Å²) < 4.78 is 0. The molecule has 2 N–H and O–H groups in total. The minimum absolute atomic E-state index is 0.694. The number of rotatable bonds is 4. The number of hydrogen-bond acceptors (Lipinski definition) is 3. The molecule has 17 heavy (non-hydrogen) atoms. The van der Waals surface area contributed by atoms with Crippen LogP contribution in [0.1, 0.15) is 36.9 Å². The molecular weight excluding hydrogens is 212 g/mol. The van der Waals surface area contributed by atoms with Crippen molar-refractivity contribution in [3.8, 4) is 0 Å². The number of nitrogens with zero attached hydrogens (tertiary/aromatic N) is 2. The van der Waals surface area contributed by atoms with Crippen LogP contribution >= 0.6 is 0 Å². The van der Waals surface area contributed by atoms with Crippen molar-refractivity contribution in [2.75, 3.05) is 13.1 Å². The molecule has 0 aromatic carbocycles. The van der Waals surface area contributed by atoms with Gasteiger partial charge in [-0.25, -0.2) is 0 Å². The van der Waals surface area contributed by atoms with Gasteiger partial charge >= 0.3 is 0 Å². The van der Waals surface area contributed by atoms with Gasteiger partial charge in [0.05, 0.1) is 6.20 Å². The molecule has 2 heterocycles. The molecule has 1 aliphatic carbocycles. The first-order valence-electron chi connectivity index (χ1n) is 6.79. The van der Waals surface area contributed by atoms with Gasteiger partial charge in [0.15, 0.2) is 0 Å². The summed E-state index contributed by atoms with van der Waals surface area (Å²) in [6.45, 7) is 5.61. The average Bonchev–Trinajstić information content (AvgIpc) is 3.12. The monoisotopic (exact) mass is 234 g/mol. The van der Waals surface area contributed by atoms with E-state index in [1.54, 1.807) is 0 Å². The van der Waals surface area contributed by atoms with Crippen molar-refractivity contribution in [1.82, 2.24) is 20.4 Å². The van der Waals surface area contributed by atoms with Gasteiger partial charge in [0, 0.05) is 29.9 Å². The molecule has 0 atom stereocenters. The molecule has 0 spiro atoms. The highest BCUT2D eigenvalue weighted by molar-refractivity contribution is 5.13. The Labute approximate surface area is 103 Å². The lowest BCUT2D eigenvalue weighted by Crippen LogP contribution is -2.43. The molecular formula is C13H22N4. The number of aromatic nitrogens is 2. The molecule has 0 amide bonds. The Morgan fingerprint density at radius 2 is 2.12 bits per heavy atom. The molecule has 2 fully saturated rings. The second-order valence-corrected chi connectivity index (χ2v) is 5.44. The van der Waals surface area contributed by atoms with Gasteiger partial charge in [0.2, 0.25) is 0 Å². The van der Waals surface area contributed by atoms with Gasteiger partial charge in [-0.05, 0) is 45.7 Å². The quantitative estimate of drug-likeness (QED) is 0.828. The van der Waals surface area contributed by atoms with E-state index in [1.807, 2.05) is 6.20 Å². The maximum atomic E-state index is 4.06. The number of nitrogens with one attached hydrogen (secondary N) is 2. The number of aryl methyl sites for hydroxylation is 1. The normalized spacial score (nSPS) is 23.1. The lowest BCUT2D eigenvalue weighted by atomic mass is 10.0. The molecule has 0 bridgehead atoms. The molecule has 4 nitrogen and oxygen atoms in total. The second-order valence-electron chi connectivity index (χ2n) is 5.44. The summed E-state index contributed by atoms with van der Waals surface area (Å²) in [6.07, 6.45) is 7.40. The van der Waals surface area contributed by atoms with Crippen LogP contribution in [0.5, 0.6) is 0 Å². The summed E-state index contributed by atoms with van der Waals surface area (Å²) in [4.78, 5) is 2.67. The molecule has 0 radical (unpaired) electrons. The Kier molecular flexibility index (Phi) is 3.16. The first-order valence-corrected chi connectivity index (χ1v) is 6.79. The fraction of sp³-hybridized carbons (Fsp3) is 0.769. The van der Waals surface area contributed by atoms with Crippen molar-refractivity contribution in [3.05, 3.63) is 17.5 Å². The molecule has 94 valence electrons. The third-order valence-corrected chi connectivity index (χ3v) is 4.11. The smallest absolute Gasteiger partial charge is 0.0535 e. The summed E-state index contributed by atoms with van der Waals surface area (Å²) in [6, 6.07) is 1.63. The summed E-state index contributed by atoms with van der Waals surface area (Å²) >= 11 is 0. The van der Waals surface area contributed by atoms with Gasteiger partial charge in [-0.3, -0.25) is 5.10 Å². The maximum absolute atomic E-state index is 4.06. The topological polar surface area (TPSA) is 44.0 Å². The Bertz CT molecular complexity index is 361. The number of aromatic amines is 1. The zero-order chi connectivity index (χ0) is 11.7. The van der Waals surface area contributed by atoms with Gasteiger partial charge < -0.3 is 10.2 Å². The Hall–Kier alpha value is -0.870. The van der Waals surface area contributed by atoms with E-state index in [1.165, 1.54) is 50.0 Å². The van der Waals surface area contributed by atoms with Crippen LogP contribution < -0.4 is 5.32 Å². The third-order valence-electron chi connectivity index (χ3n) is 4.11. The summed E-state index contributed by atoms with van der Waals surface area (Å²) in [5.41, 5.74) is 2.49. The first kappa shape index (κ1) is 11.2. The van der Waals surface area contributed by atoms with Crippen molar-refractivity contribution >= 4 is 0 Å². The van der Waals surface area contributed by atoms with Crippen LogP contribution in [0.25, 0.3) is 0 Å². The Morgan fingerprint density at radius 3 is 2.71 bits per heavy atom. The lowest BCUT2D eigenvalue weighted by molar-refractivity contribution is 0.189. The molecule has 1 saturated carbocycles. The van der Waals surface area contributed by atoms with Crippen LogP contribution in [0.4, 0.5) is 0 Å². The zero-order valence-corrected chi connectivity index (χ0v) is 10.6. The number of H-pyrrole nitrogens is 1. The SMILES string of the molecule is Cc1[nH]ncc1CNC1CCN(C2CC2)CC1. The number of likely N-dealkylation sites (tertiary alicyclic amines) is 1. The molecule has 4 heteroatoms. The largest absolute Gasteiger partial charge is 0.310 e. The van der Waals surface area contributed by atoms with Gasteiger partial charge in [-0.15, -0.1) is 0 Å². The minimum atomic E-state index is 0.694. The summed E-state index contributed by atoms with van der Waals surface area (Å²) in [7, 11) is 0. The van der Waals surface area contributed by atoms with E-state index in [0.717, 1.165) is 12.6 Å². The van der Waals surface area contributed by atoms with E-state index in [2.05, 4.69) is 27.3 Å². The Morgan fingerprint density at radius 1 is 1.35 bits per heavy atom. The van der Waals surface area contributed by atoms with Crippen molar-refractivity contribution in [2.45, 2.75) is 51.2 Å². The van der Waals surface area contributed by atoms with E-state index in [-0.39, 0.29) is 0 Å². The van der Waals surface area contributed by atoms with Gasteiger partial charge in [-0.2, -0.15) is 5.10 Å². The molecule has 1 saturated heterocycles. The third kappa shape index (κ3) is 2.69. The van der Waals surface area contributed by atoms with Crippen LogP contribution in [-0.2, 0) is 6.54 Å². The lowest BCUT2D eigenvalue weighted by Gasteiger charge is -2.32. The van der Waals surface area contributed by atoms with Crippen molar-refractivity contribution < 1.29 is 0 Å². The standard InChI is InChI=1S/C13H22N4/c1-10-11(9-15-16-10)8-14-12-4-6-17(7-5-12)13-2-3-13/h9,12-14H,2-8H2,1H3,(H,15,16). The van der Waals surface area contributed by atoms with Crippen molar-refractivity contribution in [1.29, 1.82) is 0 Å². The average molecular weight is 234 g/mol. The second kappa shape index (κ2) is 4.78. The van der Waals surface area contributed by atoms with Crippen LogP contribution in [0.3, 0.4) is 0 Å². The van der Waals surface area contributed by atoms with E-state index in [4.69, 9.17) is 0 Å². The molecule has 1 aromatic rings. The predicted molar refractivity (Wildman–Crippen MR) is 67.8 cm³/mol. The van der Waals surface area contributed by atoms with Gasteiger partial charge in [-0.1, -0.05) is 0 Å². The fourth-order valence-electron chi connectivity index (χ4n) is 2.72. The molecule has 1 aromatic heterocycles. The molecule has 3 rings (SSSR count).